The van der Waals surface area contributed by atoms with Gasteiger partial charge in [-0.25, -0.2) is 4.79 Å². The third-order valence-electron chi connectivity index (χ3n) is 3.58. The molecule has 2 rings (SSSR count). The lowest BCUT2D eigenvalue weighted by molar-refractivity contribution is -0.139. The van der Waals surface area contributed by atoms with Crippen molar-refractivity contribution in [3.05, 3.63) is 22.7 Å². The number of rotatable bonds is 3. The summed E-state index contributed by atoms with van der Waals surface area (Å²) in [4.78, 5) is 15.3. The van der Waals surface area contributed by atoms with E-state index in [1.165, 1.54) is 19.4 Å². The molecule has 1 saturated heterocycles. The van der Waals surface area contributed by atoms with E-state index in [9.17, 15) is 15.0 Å². The Balaban J connectivity index is 2.33. The Hall–Kier alpha value is -1.48. The molecule has 4 N–H and O–H groups in total. The molecular formula is C12H19N3O5. The van der Waals surface area contributed by atoms with E-state index in [0.29, 0.717) is 0 Å². The van der Waals surface area contributed by atoms with E-state index in [2.05, 4.69) is 4.98 Å². The van der Waals surface area contributed by atoms with Crippen LogP contribution in [0.3, 0.4) is 0 Å². The normalized spacial score (nSPS) is 30.6. The van der Waals surface area contributed by atoms with Crippen LogP contribution in [0, 0.1) is 0 Å². The van der Waals surface area contributed by atoms with Gasteiger partial charge in [0.25, 0.3) is 0 Å². The molecule has 8 heteroatoms. The molecule has 8 nitrogen and oxygen atoms in total. The maximum Gasteiger partial charge on any atom is 0.351 e. The highest BCUT2D eigenvalue weighted by Crippen LogP contribution is 2.35. The number of nitrogens with two attached hydrogens (primary N) is 1. The number of nitrogens with zero attached hydrogens (tertiary/aromatic N) is 2. The Morgan fingerprint density at radius 2 is 2.10 bits per heavy atom. The standard InChI is InChI=1S/C12H19N3O5/c1-12(2,19-3)9-7(16)8(17)10(20-9)15-5-4-6(13)14-11(15)18/h4-5,7-10,16-17H,1-3H3,(H2,13,14,18)/t7-,8+,9-,10+/m0/s1. The first kappa shape index (κ1) is 14.9. The number of methoxy groups -OCH3 is 1. The summed E-state index contributed by atoms with van der Waals surface area (Å²) in [5.74, 6) is 0.0769. The van der Waals surface area contributed by atoms with Crippen LogP contribution in [0.5, 0.6) is 0 Å². The monoisotopic (exact) mass is 285 g/mol. The molecule has 1 aromatic heterocycles. The van der Waals surface area contributed by atoms with Gasteiger partial charge in [-0.1, -0.05) is 0 Å². The second-order valence-corrected chi connectivity index (χ2v) is 5.28. The fourth-order valence-corrected chi connectivity index (χ4v) is 2.20. The van der Waals surface area contributed by atoms with E-state index >= 15 is 0 Å². The number of ether oxygens (including phenoxy) is 2. The molecule has 0 unspecified atom stereocenters. The largest absolute Gasteiger partial charge is 0.387 e. The summed E-state index contributed by atoms with van der Waals surface area (Å²) in [6, 6.07) is 1.42. The van der Waals surface area contributed by atoms with Crippen molar-refractivity contribution in [1.82, 2.24) is 9.55 Å². The Morgan fingerprint density at radius 3 is 2.65 bits per heavy atom. The minimum Gasteiger partial charge on any atom is -0.387 e. The van der Waals surface area contributed by atoms with Crippen molar-refractivity contribution in [2.75, 3.05) is 12.8 Å². The van der Waals surface area contributed by atoms with E-state index in [1.807, 2.05) is 0 Å². The number of hydrogen-bond donors (Lipinski definition) is 3. The van der Waals surface area contributed by atoms with Gasteiger partial charge in [0.15, 0.2) is 6.23 Å². The predicted octanol–water partition coefficient (Wildman–Crippen LogP) is -1.13. The van der Waals surface area contributed by atoms with Gasteiger partial charge in [0.05, 0.1) is 5.60 Å². The highest BCUT2D eigenvalue weighted by atomic mass is 16.6. The molecule has 1 fully saturated rings. The predicted molar refractivity (Wildman–Crippen MR) is 69.9 cm³/mol. The molecule has 1 aliphatic rings. The van der Waals surface area contributed by atoms with Crippen LogP contribution >= 0.6 is 0 Å². The highest BCUT2D eigenvalue weighted by Gasteiger charge is 2.50. The van der Waals surface area contributed by atoms with Crippen LogP contribution in [-0.2, 0) is 9.47 Å². The van der Waals surface area contributed by atoms with Crippen LogP contribution in [0.15, 0.2) is 17.1 Å². The number of aromatic nitrogens is 2. The Bertz CT molecular complexity index is 544. The fourth-order valence-electron chi connectivity index (χ4n) is 2.20. The molecule has 112 valence electrons. The van der Waals surface area contributed by atoms with Crippen molar-refractivity contribution >= 4 is 5.82 Å². The minimum atomic E-state index is -1.27. The summed E-state index contributed by atoms with van der Waals surface area (Å²) < 4.78 is 12.0. The van der Waals surface area contributed by atoms with Crippen molar-refractivity contribution in [3.63, 3.8) is 0 Å². The van der Waals surface area contributed by atoms with E-state index in [1.54, 1.807) is 13.8 Å². The van der Waals surface area contributed by atoms with Gasteiger partial charge in [0.1, 0.15) is 24.1 Å². The lowest BCUT2D eigenvalue weighted by Crippen LogP contribution is -2.46. The molecule has 0 radical (unpaired) electrons. The summed E-state index contributed by atoms with van der Waals surface area (Å²) in [6.45, 7) is 3.44. The van der Waals surface area contributed by atoms with Gasteiger partial charge in [-0.3, -0.25) is 4.57 Å². The summed E-state index contributed by atoms with van der Waals surface area (Å²) in [7, 11) is 1.48. The van der Waals surface area contributed by atoms with Crippen LogP contribution in [-0.4, -0.2) is 50.8 Å². The molecule has 20 heavy (non-hydrogen) atoms. The average Bonchev–Trinajstić information content (AvgIpc) is 2.68. The van der Waals surface area contributed by atoms with E-state index < -0.39 is 35.8 Å². The van der Waals surface area contributed by atoms with Crippen molar-refractivity contribution < 1.29 is 19.7 Å². The molecule has 1 aromatic rings. The topological polar surface area (TPSA) is 120 Å². The molecule has 1 aliphatic heterocycles. The average molecular weight is 285 g/mol. The zero-order valence-corrected chi connectivity index (χ0v) is 11.6. The molecule has 0 aromatic carbocycles. The minimum absolute atomic E-state index is 0.0769. The van der Waals surface area contributed by atoms with Gasteiger partial charge < -0.3 is 25.4 Å². The summed E-state index contributed by atoms with van der Waals surface area (Å²) in [5.41, 5.74) is 3.93. The van der Waals surface area contributed by atoms with E-state index in [-0.39, 0.29) is 5.82 Å². The zero-order valence-electron chi connectivity index (χ0n) is 11.6. The third kappa shape index (κ3) is 2.42. The Kier molecular flexibility index (Phi) is 3.83. The SMILES string of the molecule is COC(C)(C)[C@H]1O[C@@H](n2ccc(N)nc2=O)[C@H](O)[C@@H]1O. The maximum atomic E-state index is 11.8. The van der Waals surface area contributed by atoms with Gasteiger partial charge in [-0.2, -0.15) is 4.98 Å². The zero-order chi connectivity index (χ0) is 15.1. The van der Waals surface area contributed by atoms with Gasteiger partial charge in [0.2, 0.25) is 0 Å². The third-order valence-corrected chi connectivity index (χ3v) is 3.58. The van der Waals surface area contributed by atoms with E-state index in [0.717, 1.165) is 4.57 Å². The van der Waals surface area contributed by atoms with Gasteiger partial charge >= 0.3 is 5.69 Å². The highest BCUT2D eigenvalue weighted by molar-refractivity contribution is 5.23. The lowest BCUT2D eigenvalue weighted by Gasteiger charge is -2.31. The van der Waals surface area contributed by atoms with Crippen molar-refractivity contribution in [1.29, 1.82) is 0 Å². The molecule has 0 bridgehead atoms. The number of anilines is 1. The van der Waals surface area contributed by atoms with E-state index in [4.69, 9.17) is 15.2 Å². The van der Waals surface area contributed by atoms with Gasteiger partial charge in [-0.15, -0.1) is 0 Å². The van der Waals surface area contributed by atoms with Gasteiger partial charge in [-0.05, 0) is 19.9 Å². The quantitative estimate of drug-likeness (QED) is 0.642. The van der Waals surface area contributed by atoms with Gasteiger partial charge in [0, 0.05) is 13.3 Å². The Morgan fingerprint density at radius 1 is 1.45 bits per heavy atom. The molecule has 0 aliphatic carbocycles. The molecule has 4 atom stereocenters. The molecular weight excluding hydrogens is 266 g/mol. The van der Waals surface area contributed by atoms with Crippen molar-refractivity contribution in [2.24, 2.45) is 0 Å². The van der Waals surface area contributed by atoms with Crippen LogP contribution in [0.1, 0.15) is 20.1 Å². The van der Waals surface area contributed by atoms with Crippen LogP contribution < -0.4 is 11.4 Å². The maximum absolute atomic E-state index is 11.8. The fraction of sp³-hybridized carbons (Fsp3) is 0.667. The second kappa shape index (κ2) is 5.13. The first-order valence-corrected chi connectivity index (χ1v) is 6.19. The molecule has 0 saturated carbocycles. The smallest absolute Gasteiger partial charge is 0.351 e. The molecule has 0 spiro atoms. The second-order valence-electron chi connectivity index (χ2n) is 5.28. The number of nitrogen functional groups attached to an aromatic ring is 1. The van der Waals surface area contributed by atoms with Crippen LogP contribution in [0.2, 0.25) is 0 Å². The lowest BCUT2D eigenvalue weighted by atomic mass is 9.95. The molecule has 0 amide bonds. The summed E-state index contributed by atoms with van der Waals surface area (Å²) in [5, 5.41) is 20.2. The number of aliphatic hydroxyl groups is 2. The Labute approximate surface area is 115 Å². The van der Waals surface area contributed by atoms with Crippen LogP contribution in [0.25, 0.3) is 0 Å². The first-order valence-electron chi connectivity index (χ1n) is 6.19. The van der Waals surface area contributed by atoms with Crippen molar-refractivity contribution in [2.45, 2.75) is 44.0 Å². The summed E-state index contributed by atoms with van der Waals surface area (Å²) in [6.07, 6.45) is -2.90. The van der Waals surface area contributed by atoms with Crippen LogP contribution in [0.4, 0.5) is 5.82 Å². The van der Waals surface area contributed by atoms with Crippen molar-refractivity contribution in [3.8, 4) is 0 Å². The first-order chi connectivity index (χ1) is 9.27. The number of hydrogen-bond acceptors (Lipinski definition) is 7. The number of aliphatic hydroxyl groups excluding tert-OH is 2. The summed E-state index contributed by atoms with van der Waals surface area (Å²) >= 11 is 0. The molecule has 2 heterocycles.